The van der Waals surface area contributed by atoms with Gasteiger partial charge in [0, 0.05) is 5.69 Å². The van der Waals surface area contributed by atoms with Gasteiger partial charge in [-0.2, -0.15) is 5.26 Å². The number of aryl methyl sites for hydroxylation is 2. The van der Waals surface area contributed by atoms with E-state index < -0.39 is 0 Å². The zero-order chi connectivity index (χ0) is 13.1. The Morgan fingerprint density at radius 1 is 1.06 bits per heavy atom. The summed E-state index contributed by atoms with van der Waals surface area (Å²) in [6.45, 7) is 3.78. The maximum Gasteiger partial charge on any atom is 0.125 e. The van der Waals surface area contributed by atoms with Gasteiger partial charge in [0.25, 0.3) is 0 Å². The van der Waals surface area contributed by atoms with Gasteiger partial charge in [0.1, 0.15) is 11.9 Å². The van der Waals surface area contributed by atoms with Crippen LogP contribution in [0.2, 0.25) is 0 Å². The summed E-state index contributed by atoms with van der Waals surface area (Å²) in [7, 11) is 0. The topological polar surface area (TPSA) is 35.8 Å². The fourth-order valence-electron chi connectivity index (χ4n) is 1.82. The van der Waals surface area contributed by atoms with Crippen LogP contribution in [0.5, 0.6) is 0 Å². The summed E-state index contributed by atoms with van der Waals surface area (Å²) in [5.41, 5.74) is 3.77. The average molecular weight is 240 g/mol. The maximum atomic E-state index is 13.3. The first-order valence-electron chi connectivity index (χ1n) is 5.63. The second kappa shape index (κ2) is 4.89. The molecule has 0 amide bonds. The van der Waals surface area contributed by atoms with E-state index in [0.717, 1.165) is 11.1 Å². The first kappa shape index (κ1) is 12.1. The van der Waals surface area contributed by atoms with Crippen molar-refractivity contribution in [1.82, 2.24) is 0 Å². The SMILES string of the molecule is Cc1cc(F)cc(Nc2cc(C)ccc2C#N)c1. The highest BCUT2D eigenvalue weighted by atomic mass is 19.1. The lowest BCUT2D eigenvalue weighted by Crippen LogP contribution is -1.95. The summed E-state index contributed by atoms with van der Waals surface area (Å²) in [5.74, 6) is -0.288. The molecule has 2 aromatic carbocycles. The number of hydrogen-bond donors (Lipinski definition) is 1. The molecule has 0 bridgehead atoms. The number of anilines is 2. The molecule has 90 valence electrons. The summed E-state index contributed by atoms with van der Waals surface area (Å²) >= 11 is 0. The number of nitrogens with zero attached hydrogens (tertiary/aromatic N) is 1. The molecule has 2 aromatic rings. The highest BCUT2D eigenvalue weighted by Gasteiger charge is 2.04. The third kappa shape index (κ3) is 2.67. The van der Waals surface area contributed by atoms with Crippen LogP contribution in [0.3, 0.4) is 0 Å². The standard InChI is InChI=1S/C15H13FN2/c1-10-3-4-12(9-17)15(7-10)18-14-6-11(2)5-13(16)8-14/h3-8,18H,1-2H3. The minimum atomic E-state index is -0.288. The minimum Gasteiger partial charge on any atom is -0.354 e. The first-order chi connectivity index (χ1) is 8.58. The molecule has 0 radical (unpaired) electrons. The summed E-state index contributed by atoms with van der Waals surface area (Å²) in [5, 5.41) is 12.1. The monoisotopic (exact) mass is 240 g/mol. The molecular formula is C15H13FN2. The van der Waals surface area contributed by atoms with E-state index in [1.54, 1.807) is 6.07 Å². The lowest BCUT2D eigenvalue weighted by molar-refractivity contribution is 0.627. The minimum absolute atomic E-state index is 0.288. The van der Waals surface area contributed by atoms with Gasteiger partial charge in [0.2, 0.25) is 0 Å². The van der Waals surface area contributed by atoms with Crippen molar-refractivity contribution in [1.29, 1.82) is 5.26 Å². The van der Waals surface area contributed by atoms with Crippen LogP contribution in [-0.2, 0) is 0 Å². The summed E-state index contributed by atoms with van der Waals surface area (Å²) in [6, 6.07) is 12.3. The molecule has 0 spiro atoms. The predicted octanol–water partition coefficient (Wildman–Crippen LogP) is 4.06. The van der Waals surface area contributed by atoms with Gasteiger partial charge in [-0.1, -0.05) is 6.07 Å². The van der Waals surface area contributed by atoms with E-state index >= 15 is 0 Å². The van der Waals surface area contributed by atoms with Crippen molar-refractivity contribution in [2.75, 3.05) is 5.32 Å². The van der Waals surface area contributed by atoms with Gasteiger partial charge in [-0.25, -0.2) is 4.39 Å². The molecule has 0 heterocycles. The Morgan fingerprint density at radius 3 is 2.50 bits per heavy atom. The van der Waals surface area contributed by atoms with Crippen molar-refractivity contribution in [2.45, 2.75) is 13.8 Å². The number of halogens is 1. The molecule has 1 N–H and O–H groups in total. The number of benzene rings is 2. The molecule has 0 saturated heterocycles. The number of nitriles is 1. The van der Waals surface area contributed by atoms with E-state index in [-0.39, 0.29) is 5.82 Å². The number of hydrogen-bond acceptors (Lipinski definition) is 2. The van der Waals surface area contributed by atoms with Crippen LogP contribution in [0, 0.1) is 31.0 Å². The summed E-state index contributed by atoms with van der Waals surface area (Å²) < 4.78 is 13.3. The average Bonchev–Trinajstić information content (AvgIpc) is 2.27. The van der Waals surface area contributed by atoms with Crippen molar-refractivity contribution in [3.63, 3.8) is 0 Å². The largest absolute Gasteiger partial charge is 0.354 e. The van der Waals surface area contributed by atoms with Crippen LogP contribution in [0.25, 0.3) is 0 Å². The van der Waals surface area contributed by atoms with Crippen LogP contribution in [0.4, 0.5) is 15.8 Å². The quantitative estimate of drug-likeness (QED) is 0.859. The number of nitrogens with one attached hydrogen (secondary N) is 1. The van der Waals surface area contributed by atoms with Gasteiger partial charge in [0.05, 0.1) is 11.3 Å². The van der Waals surface area contributed by atoms with Crippen LogP contribution < -0.4 is 5.32 Å². The maximum absolute atomic E-state index is 13.3. The Balaban J connectivity index is 2.39. The Hall–Kier alpha value is -2.34. The van der Waals surface area contributed by atoms with Gasteiger partial charge in [0.15, 0.2) is 0 Å². The lowest BCUT2D eigenvalue weighted by atomic mass is 10.1. The van der Waals surface area contributed by atoms with Gasteiger partial charge >= 0.3 is 0 Å². The Labute approximate surface area is 106 Å². The molecule has 18 heavy (non-hydrogen) atoms. The summed E-state index contributed by atoms with van der Waals surface area (Å²) in [6.07, 6.45) is 0. The normalized spacial score (nSPS) is 9.89. The van der Waals surface area contributed by atoms with Gasteiger partial charge in [-0.05, 0) is 55.3 Å². The molecule has 0 aliphatic heterocycles. The highest BCUT2D eigenvalue weighted by molar-refractivity contribution is 5.67. The predicted molar refractivity (Wildman–Crippen MR) is 70.3 cm³/mol. The summed E-state index contributed by atoms with van der Waals surface area (Å²) in [4.78, 5) is 0. The van der Waals surface area contributed by atoms with E-state index in [1.165, 1.54) is 12.1 Å². The molecule has 0 fully saturated rings. The van der Waals surface area contributed by atoms with E-state index in [1.807, 2.05) is 32.0 Å². The van der Waals surface area contributed by atoms with E-state index in [2.05, 4.69) is 11.4 Å². The van der Waals surface area contributed by atoms with Crippen LogP contribution in [0.15, 0.2) is 36.4 Å². The first-order valence-corrected chi connectivity index (χ1v) is 5.63. The van der Waals surface area contributed by atoms with Gasteiger partial charge in [-0.15, -0.1) is 0 Å². The molecule has 0 unspecified atom stereocenters. The second-order valence-electron chi connectivity index (χ2n) is 4.30. The number of rotatable bonds is 2. The molecular weight excluding hydrogens is 227 g/mol. The molecule has 0 aromatic heterocycles. The Kier molecular flexibility index (Phi) is 3.29. The molecule has 0 saturated carbocycles. The van der Waals surface area contributed by atoms with Crippen LogP contribution >= 0.6 is 0 Å². The zero-order valence-corrected chi connectivity index (χ0v) is 10.3. The third-order valence-corrected chi connectivity index (χ3v) is 2.62. The third-order valence-electron chi connectivity index (χ3n) is 2.62. The Bertz CT molecular complexity index is 607. The van der Waals surface area contributed by atoms with Crippen molar-refractivity contribution in [3.05, 3.63) is 58.9 Å². The molecule has 0 atom stereocenters. The van der Waals surface area contributed by atoms with Crippen molar-refractivity contribution in [3.8, 4) is 6.07 Å². The second-order valence-corrected chi connectivity index (χ2v) is 4.30. The smallest absolute Gasteiger partial charge is 0.125 e. The molecule has 0 aliphatic rings. The highest BCUT2D eigenvalue weighted by Crippen LogP contribution is 2.23. The molecule has 0 aliphatic carbocycles. The van der Waals surface area contributed by atoms with Crippen LogP contribution in [-0.4, -0.2) is 0 Å². The molecule has 3 heteroatoms. The fraction of sp³-hybridized carbons (Fsp3) is 0.133. The van der Waals surface area contributed by atoms with Crippen LogP contribution in [0.1, 0.15) is 16.7 Å². The van der Waals surface area contributed by atoms with E-state index in [9.17, 15) is 4.39 Å². The van der Waals surface area contributed by atoms with Crippen molar-refractivity contribution in [2.24, 2.45) is 0 Å². The zero-order valence-electron chi connectivity index (χ0n) is 10.3. The Morgan fingerprint density at radius 2 is 1.83 bits per heavy atom. The van der Waals surface area contributed by atoms with Gasteiger partial charge in [-0.3, -0.25) is 0 Å². The molecule has 2 nitrogen and oxygen atoms in total. The lowest BCUT2D eigenvalue weighted by Gasteiger charge is -2.10. The van der Waals surface area contributed by atoms with Gasteiger partial charge < -0.3 is 5.32 Å². The molecule has 2 rings (SSSR count). The van der Waals surface area contributed by atoms with Crippen molar-refractivity contribution < 1.29 is 4.39 Å². The van der Waals surface area contributed by atoms with E-state index in [4.69, 9.17) is 5.26 Å². The fourth-order valence-corrected chi connectivity index (χ4v) is 1.82. The van der Waals surface area contributed by atoms with Crippen molar-refractivity contribution >= 4 is 11.4 Å². The van der Waals surface area contributed by atoms with E-state index in [0.29, 0.717) is 16.9 Å².